The zero-order chi connectivity index (χ0) is 22.7. The minimum atomic E-state index is -0.403. The van der Waals surface area contributed by atoms with E-state index >= 15 is 0 Å². The third kappa shape index (κ3) is 4.60. The molecule has 160 valence electrons. The van der Waals surface area contributed by atoms with Crippen LogP contribution in [0.2, 0.25) is 0 Å². The molecule has 0 fully saturated rings. The van der Waals surface area contributed by atoms with Gasteiger partial charge in [0, 0.05) is 5.69 Å². The van der Waals surface area contributed by atoms with Gasteiger partial charge in [-0.3, -0.25) is 4.79 Å². The molecule has 32 heavy (non-hydrogen) atoms. The lowest BCUT2D eigenvalue weighted by Crippen LogP contribution is -2.13. The molecule has 0 aliphatic carbocycles. The number of fused-ring (bicyclic) bond motifs is 1. The lowest BCUT2D eigenvalue weighted by molar-refractivity contribution is -0.111. The molecule has 0 aliphatic rings. The fraction of sp³-hybridized carbons (Fsp3) is 0.115. The molecule has 1 heterocycles. The number of anilines is 1. The Kier molecular flexibility index (Phi) is 6.14. The molecule has 0 saturated heterocycles. The summed E-state index contributed by atoms with van der Waals surface area (Å²) in [5, 5.41) is 3.63. The van der Waals surface area contributed by atoms with Gasteiger partial charge in [0.15, 0.2) is 0 Å². The zero-order valence-corrected chi connectivity index (χ0v) is 18.8. The smallest absolute Gasteiger partial charge is 0.337 e. The Bertz CT molecular complexity index is 1300. The number of thiazole rings is 1. The third-order valence-corrected chi connectivity index (χ3v) is 6.25. The molecular weight excluding hydrogens is 420 g/mol. The molecule has 6 heteroatoms. The summed E-state index contributed by atoms with van der Waals surface area (Å²) in [6, 6.07) is 20.5. The van der Waals surface area contributed by atoms with Crippen LogP contribution < -0.4 is 5.32 Å². The standard InChI is InChI=1S/C26H22N2O3S/c1-16-8-13-20(14-17(16)2)27-24(29)21(25-28-22-6-4-5-7-23(22)32-25)15-18-9-11-19(12-10-18)26(30)31-3/h4-15H,1-3H3,(H,27,29)/b21-15-. The fourth-order valence-corrected chi connectivity index (χ4v) is 4.21. The summed E-state index contributed by atoms with van der Waals surface area (Å²) in [6.07, 6.45) is 1.79. The van der Waals surface area contributed by atoms with Gasteiger partial charge in [-0.25, -0.2) is 9.78 Å². The molecule has 1 aromatic heterocycles. The number of nitrogens with one attached hydrogen (secondary N) is 1. The summed E-state index contributed by atoms with van der Waals surface area (Å²) in [7, 11) is 1.35. The van der Waals surface area contributed by atoms with Crippen LogP contribution in [-0.4, -0.2) is 24.0 Å². The summed E-state index contributed by atoms with van der Waals surface area (Å²) < 4.78 is 5.76. The number of hydrogen-bond acceptors (Lipinski definition) is 5. The number of hydrogen-bond donors (Lipinski definition) is 1. The monoisotopic (exact) mass is 442 g/mol. The number of ether oxygens (including phenoxy) is 1. The number of benzene rings is 3. The van der Waals surface area contributed by atoms with Gasteiger partial charge in [0.1, 0.15) is 5.01 Å². The number of carbonyl (C=O) groups excluding carboxylic acids is 2. The molecule has 1 amide bonds. The summed E-state index contributed by atoms with van der Waals surface area (Å²) in [5.74, 6) is -0.649. The molecule has 4 rings (SSSR count). The van der Waals surface area contributed by atoms with E-state index in [-0.39, 0.29) is 5.91 Å². The normalized spacial score (nSPS) is 11.4. The van der Waals surface area contributed by atoms with E-state index in [4.69, 9.17) is 4.74 Å². The number of amides is 1. The zero-order valence-electron chi connectivity index (χ0n) is 18.0. The van der Waals surface area contributed by atoms with Crippen molar-refractivity contribution in [3.8, 4) is 0 Å². The van der Waals surface area contributed by atoms with Crippen molar-refractivity contribution in [2.45, 2.75) is 13.8 Å². The number of aryl methyl sites for hydroxylation is 2. The van der Waals surface area contributed by atoms with E-state index < -0.39 is 5.97 Å². The Hall–Kier alpha value is -3.77. The second-order valence-electron chi connectivity index (χ2n) is 7.41. The summed E-state index contributed by atoms with van der Waals surface area (Å²) >= 11 is 1.47. The van der Waals surface area contributed by atoms with Gasteiger partial charge in [0.05, 0.1) is 28.5 Å². The van der Waals surface area contributed by atoms with Crippen LogP contribution in [0.1, 0.15) is 32.1 Å². The average Bonchev–Trinajstić information content (AvgIpc) is 3.23. The van der Waals surface area contributed by atoms with Gasteiger partial charge in [0.2, 0.25) is 0 Å². The lowest BCUT2D eigenvalue weighted by atomic mass is 10.1. The number of rotatable bonds is 5. The Balaban J connectivity index is 1.73. The number of aromatic nitrogens is 1. The Morgan fingerprint density at radius 3 is 2.41 bits per heavy atom. The summed E-state index contributed by atoms with van der Waals surface area (Å²) in [4.78, 5) is 29.7. The van der Waals surface area contributed by atoms with E-state index in [0.717, 1.165) is 32.6 Å². The first-order valence-corrected chi connectivity index (χ1v) is 10.9. The number of carbonyl (C=O) groups is 2. The molecule has 3 aromatic carbocycles. The van der Waals surface area contributed by atoms with Gasteiger partial charge in [0.25, 0.3) is 5.91 Å². The van der Waals surface area contributed by atoms with Crippen molar-refractivity contribution in [1.82, 2.24) is 4.98 Å². The maximum Gasteiger partial charge on any atom is 0.337 e. The van der Waals surface area contributed by atoms with Crippen molar-refractivity contribution in [2.75, 3.05) is 12.4 Å². The molecule has 4 aromatic rings. The first-order chi connectivity index (χ1) is 15.4. The topological polar surface area (TPSA) is 68.3 Å². The van der Waals surface area contributed by atoms with Crippen LogP contribution in [-0.2, 0) is 9.53 Å². The van der Waals surface area contributed by atoms with Crippen molar-refractivity contribution in [1.29, 1.82) is 0 Å². The molecule has 0 saturated carbocycles. The first-order valence-electron chi connectivity index (χ1n) is 10.1. The highest BCUT2D eigenvalue weighted by Gasteiger charge is 2.18. The van der Waals surface area contributed by atoms with Crippen LogP contribution in [0, 0.1) is 13.8 Å². The van der Waals surface area contributed by atoms with Gasteiger partial charge < -0.3 is 10.1 Å². The minimum absolute atomic E-state index is 0.246. The average molecular weight is 443 g/mol. The molecular formula is C26H22N2O3S. The Morgan fingerprint density at radius 2 is 1.72 bits per heavy atom. The first kappa shape index (κ1) is 21.5. The quantitative estimate of drug-likeness (QED) is 0.310. The van der Waals surface area contributed by atoms with Gasteiger partial charge in [-0.2, -0.15) is 0 Å². The maximum absolute atomic E-state index is 13.3. The van der Waals surface area contributed by atoms with E-state index in [1.165, 1.54) is 18.4 Å². The number of esters is 1. The van der Waals surface area contributed by atoms with Crippen LogP contribution in [0.4, 0.5) is 5.69 Å². The van der Waals surface area contributed by atoms with Crippen molar-refractivity contribution in [3.05, 3.63) is 94.0 Å². The molecule has 0 radical (unpaired) electrons. The second kappa shape index (κ2) is 9.16. The van der Waals surface area contributed by atoms with E-state index in [0.29, 0.717) is 16.1 Å². The van der Waals surface area contributed by atoms with Crippen LogP contribution in [0.25, 0.3) is 21.9 Å². The van der Waals surface area contributed by atoms with Gasteiger partial charge in [-0.05, 0) is 73.0 Å². The molecule has 0 spiro atoms. The van der Waals surface area contributed by atoms with Crippen LogP contribution in [0.15, 0.2) is 66.7 Å². The maximum atomic E-state index is 13.3. The Morgan fingerprint density at radius 1 is 0.969 bits per heavy atom. The molecule has 0 aliphatic heterocycles. The van der Waals surface area contributed by atoms with Crippen molar-refractivity contribution >= 4 is 50.8 Å². The predicted molar refractivity (Wildman–Crippen MR) is 130 cm³/mol. The molecule has 5 nitrogen and oxygen atoms in total. The van der Waals surface area contributed by atoms with Gasteiger partial charge >= 0.3 is 5.97 Å². The fourth-order valence-electron chi connectivity index (χ4n) is 3.23. The molecule has 0 bridgehead atoms. The molecule has 1 N–H and O–H groups in total. The van der Waals surface area contributed by atoms with E-state index in [1.807, 2.05) is 56.3 Å². The van der Waals surface area contributed by atoms with E-state index in [1.54, 1.807) is 30.3 Å². The van der Waals surface area contributed by atoms with Crippen molar-refractivity contribution in [2.24, 2.45) is 0 Å². The van der Waals surface area contributed by atoms with Crippen molar-refractivity contribution in [3.63, 3.8) is 0 Å². The predicted octanol–water partition coefficient (Wildman–Crippen LogP) is 5.88. The lowest BCUT2D eigenvalue weighted by Gasteiger charge is -2.09. The highest BCUT2D eigenvalue weighted by atomic mass is 32.1. The van der Waals surface area contributed by atoms with Crippen LogP contribution >= 0.6 is 11.3 Å². The minimum Gasteiger partial charge on any atom is -0.465 e. The highest BCUT2D eigenvalue weighted by molar-refractivity contribution is 7.19. The van der Waals surface area contributed by atoms with E-state index in [2.05, 4.69) is 10.3 Å². The van der Waals surface area contributed by atoms with Gasteiger partial charge in [-0.15, -0.1) is 11.3 Å². The van der Waals surface area contributed by atoms with Crippen LogP contribution in [0.3, 0.4) is 0 Å². The summed E-state index contributed by atoms with van der Waals surface area (Å²) in [6.45, 7) is 4.05. The number of methoxy groups -OCH3 is 1. The van der Waals surface area contributed by atoms with Crippen LogP contribution in [0.5, 0.6) is 0 Å². The van der Waals surface area contributed by atoms with E-state index in [9.17, 15) is 9.59 Å². The summed E-state index contributed by atoms with van der Waals surface area (Å²) in [5.41, 5.74) is 5.52. The van der Waals surface area contributed by atoms with Crippen molar-refractivity contribution < 1.29 is 14.3 Å². The molecule has 0 unspecified atom stereocenters. The highest BCUT2D eigenvalue weighted by Crippen LogP contribution is 2.29. The van der Waals surface area contributed by atoms with Gasteiger partial charge in [-0.1, -0.05) is 30.3 Å². The SMILES string of the molecule is COC(=O)c1ccc(/C=C(/C(=O)Nc2ccc(C)c(C)c2)c2nc3ccccc3s2)cc1. The number of para-hydroxylation sites is 1. The largest absolute Gasteiger partial charge is 0.465 e. The Labute approximate surface area is 190 Å². The second-order valence-corrected chi connectivity index (χ2v) is 8.44. The number of nitrogens with zero attached hydrogens (tertiary/aromatic N) is 1. The third-order valence-electron chi connectivity index (χ3n) is 5.18. The molecule has 0 atom stereocenters.